The minimum atomic E-state index is -4.51. The Kier molecular flexibility index (Phi) is 5.29. The Bertz CT molecular complexity index is 932. The number of aliphatic hydroxyl groups is 1. The van der Waals surface area contributed by atoms with Crippen molar-refractivity contribution in [3.05, 3.63) is 70.8 Å². The number of rotatable bonds is 3. The summed E-state index contributed by atoms with van der Waals surface area (Å²) in [7, 11) is 0. The van der Waals surface area contributed by atoms with Crippen molar-refractivity contribution in [1.29, 1.82) is 10.5 Å². The van der Waals surface area contributed by atoms with E-state index in [1.807, 2.05) is 6.07 Å². The molecule has 8 heteroatoms. The van der Waals surface area contributed by atoms with Crippen molar-refractivity contribution >= 4 is 17.4 Å². The molecule has 2 rings (SSSR count). The lowest BCUT2D eigenvalue weighted by molar-refractivity contribution is -0.137. The summed E-state index contributed by atoms with van der Waals surface area (Å²) in [6.07, 6.45) is -4.51. The van der Waals surface area contributed by atoms with Crippen LogP contribution in [0.4, 0.5) is 18.9 Å². The Hall–Kier alpha value is -3.78. The quantitative estimate of drug-likeness (QED) is 0.493. The molecule has 0 spiro atoms. The van der Waals surface area contributed by atoms with Crippen LogP contribution in [-0.4, -0.2) is 11.0 Å². The van der Waals surface area contributed by atoms with Crippen LogP contribution < -0.4 is 5.32 Å². The number of alkyl halides is 3. The average molecular weight is 357 g/mol. The van der Waals surface area contributed by atoms with Crippen LogP contribution in [0.2, 0.25) is 0 Å². The molecule has 130 valence electrons. The molecule has 2 aromatic rings. The number of halogens is 3. The molecule has 5 nitrogen and oxygen atoms in total. The number of anilines is 1. The van der Waals surface area contributed by atoms with Crippen molar-refractivity contribution in [2.75, 3.05) is 5.32 Å². The molecule has 0 aliphatic carbocycles. The summed E-state index contributed by atoms with van der Waals surface area (Å²) in [5.74, 6) is -1.59. The molecular formula is C18H10F3N3O2. The van der Waals surface area contributed by atoms with E-state index in [0.717, 1.165) is 24.3 Å². The third-order valence-corrected chi connectivity index (χ3v) is 3.33. The highest BCUT2D eigenvalue weighted by Gasteiger charge is 2.30. The lowest BCUT2D eigenvalue weighted by Gasteiger charge is -2.09. The van der Waals surface area contributed by atoms with Crippen molar-refractivity contribution in [2.24, 2.45) is 0 Å². The van der Waals surface area contributed by atoms with Gasteiger partial charge in [-0.25, -0.2) is 0 Å². The predicted molar refractivity (Wildman–Crippen MR) is 86.4 cm³/mol. The molecule has 2 aromatic carbocycles. The van der Waals surface area contributed by atoms with Gasteiger partial charge in [-0.05, 0) is 48.5 Å². The van der Waals surface area contributed by atoms with Gasteiger partial charge in [0.25, 0.3) is 5.91 Å². The topological polar surface area (TPSA) is 96.9 Å². The number of amides is 1. The van der Waals surface area contributed by atoms with Crippen LogP contribution in [0.15, 0.2) is 54.1 Å². The molecule has 0 atom stereocenters. The van der Waals surface area contributed by atoms with Gasteiger partial charge in [0.2, 0.25) is 0 Å². The van der Waals surface area contributed by atoms with Crippen LogP contribution in [0, 0.1) is 22.7 Å². The number of nitriles is 2. The number of aliphatic hydroxyl groups excluding tert-OH is 1. The van der Waals surface area contributed by atoms with Gasteiger partial charge in [0.1, 0.15) is 11.8 Å². The zero-order valence-corrected chi connectivity index (χ0v) is 13.0. The van der Waals surface area contributed by atoms with Gasteiger partial charge in [0.15, 0.2) is 5.57 Å². The van der Waals surface area contributed by atoms with Gasteiger partial charge in [-0.1, -0.05) is 0 Å². The van der Waals surface area contributed by atoms with Gasteiger partial charge in [0.05, 0.1) is 17.2 Å². The summed E-state index contributed by atoms with van der Waals surface area (Å²) in [6, 6.07) is 12.6. The molecule has 0 aliphatic rings. The van der Waals surface area contributed by atoms with Gasteiger partial charge < -0.3 is 10.4 Å². The molecular weight excluding hydrogens is 347 g/mol. The van der Waals surface area contributed by atoms with Crippen LogP contribution in [0.5, 0.6) is 0 Å². The smallest absolute Gasteiger partial charge is 0.416 e. The summed E-state index contributed by atoms with van der Waals surface area (Å²) in [4.78, 5) is 12.1. The molecule has 0 heterocycles. The Labute approximate surface area is 146 Å². The molecule has 0 bridgehead atoms. The van der Waals surface area contributed by atoms with Crippen LogP contribution in [0.1, 0.15) is 16.7 Å². The highest BCUT2D eigenvalue weighted by atomic mass is 19.4. The van der Waals surface area contributed by atoms with Gasteiger partial charge >= 0.3 is 6.18 Å². The van der Waals surface area contributed by atoms with E-state index in [9.17, 15) is 23.1 Å². The number of hydrogen-bond acceptors (Lipinski definition) is 4. The molecule has 0 fully saturated rings. The molecule has 0 unspecified atom stereocenters. The Balaban J connectivity index is 2.25. The number of benzene rings is 2. The highest BCUT2D eigenvalue weighted by Crippen LogP contribution is 2.30. The zero-order chi connectivity index (χ0) is 19.3. The van der Waals surface area contributed by atoms with Crippen LogP contribution in [0.3, 0.4) is 0 Å². The molecule has 1 amide bonds. The first kappa shape index (κ1) is 18.6. The third kappa shape index (κ3) is 4.19. The van der Waals surface area contributed by atoms with Crippen molar-refractivity contribution in [3.8, 4) is 12.1 Å². The van der Waals surface area contributed by atoms with Crippen LogP contribution in [0.25, 0.3) is 5.76 Å². The van der Waals surface area contributed by atoms with Gasteiger partial charge in [-0.3, -0.25) is 4.79 Å². The Morgan fingerprint density at radius 3 is 2.04 bits per heavy atom. The first-order valence-corrected chi connectivity index (χ1v) is 7.08. The van der Waals surface area contributed by atoms with Crippen molar-refractivity contribution in [2.45, 2.75) is 6.18 Å². The van der Waals surface area contributed by atoms with Gasteiger partial charge in [-0.15, -0.1) is 0 Å². The fourth-order valence-corrected chi connectivity index (χ4v) is 1.99. The van der Waals surface area contributed by atoms with E-state index in [4.69, 9.17) is 10.5 Å². The van der Waals surface area contributed by atoms with E-state index in [1.54, 1.807) is 6.07 Å². The van der Waals surface area contributed by atoms with Crippen molar-refractivity contribution < 1.29 is 23.1 Å². The largest absolute Gasteiger partial charge is 0.506 e. The van der Waals surface area contributed by atoms with E-state index in [0.29, 0.717) is 5.56 Å². The fraction of sp³-hybridized carbons (Fsp3) is 0.0556. The summed E-state index contributed by atoms with van der Waals surface area (Å²) >= 11 is 0. The highest BCUT2D eigenvalue weighted by molar-refractivity contribution is 6.10. The van der Waals surface area contributed by atoms with Crippen LogP contribution >= 0.6 is 0 Å². The normalized spacial score (nSPS) is 11.7. The van der Waals surface area contributed by atoms with Crippen LogP contribution in [-0.2, 0) is 11.0 Å². The maximum Gasteiger partial charge on any atom is 0.416 e. The minimum Gasteiger partial charge on any atom is -0.506 e. The summed E-state index contributed by atoms with van der Waals surface area (Å²) < 4.78 is 37.6. The summed E-state index contributed by atoms with van der Waals surface area (Å²) in [6.45, 7) is 0. The monoisotopic (exact) mass is 357 g/mol. The molecule has 0 aliphatic heterocycles. The SMILES string of the molecule is N#C/C(C(=O)Nc1ccc(C(F)(F)F)cc1)=C(/O)c1ccc(C#N)cc1. The second-order valence-corrected chi connectivity index (χ2v) is 5.05. The van der Waals surface area contributed by atoms with E-state index in [2.05, 4.69) is 5.32 Å². The van der Waals surface area contributed by atoms with E-state index < -0.39 is 29.0 Å². The maximum atomic E-state index is 12.5. The van der Waals surface area contributed by atoms with E-state index in [1.165, 1.54) is 24.3 Å². The molecule has 26 heavy (non-hydrogen) atoms. The first-order valence-electron chi connectivity index (χ1n) is 7.08. The van der Waals surface area contributed by atoms with E-state index in [-0.39, 0.29) is 11.3 Å². The minimum absolute atomic E-state index is 0.0309. The predicted octanol–water partition coefficient (Wildman–Crippen LogP) is 4.01. The Morgan fingerprint density at radius 2 is 1.58 bits per heavy atom. The summed E-state index contributed by atoms with van der Waals surface area (Å²) in [5, 5.41) is 30.2. The second kappa shape index (κ2) is 7.41. The standard InChI is InChI=1S/C18H10F3N3O2/c19-18(20,21)13-5-7-14(8-6-13)24-17(26)15(10-23)16(25)12-3-1-11(9-22)2-4-12/h1-8,25H,(H,24,26)/b16-15-. The van der Waals surface area contributed by atoms with E-state index >= 15 is 0 Å². The molecule has 2 N–H and O–H groups in total. The number of carbonyl (C=O) groups excluding carboxylic acids is 1. The molecule has 0 saturated heterocycles. The number of carbonyl (C=O) groups is 1. The number of nitrogens with zero attached hydrogens (tertiary/aromatic N) is 2. The van der Waals surface area contributed by atoms with Gasteiger partial charge in [-0.2, -0.15) is 23.7 Å². The Morgan fingerprint density at radius 1 is 1.00 bits per heavy atom. The second-order valence-electron chi connectivity index (χ2n) is 5.05. The lowest BCUT2D eigenvalue weighted by Crippen LogP contribution is -2.15. The molecule has 0 radical (unpaired) electrons. The third-order valence-electron chi connectivity index (χ3n) is 3.33. The lowest BCUT2D eigenvalue weighted by atomic mass is 10.1. The fourth-order valence-electron chi connectivity index (χ4n) is 1.99. The average Bonchev–Trinajstić information content (AvgIpc) is 2.62. The molecule has 0 saturated carbocycles. The van der Waals surface area contributed by atoms with Gasteiger partial charge in [0, 0.05) is 11.3 Å². The number of nitrogens with one attached hydrogen (secondary N) is 1. The van der Waals surface area contributed by atoms with Crippen molar-refractivity contribution in [3.63, 3.8) is 0 Å². The number of hydrogen-bond donors (Lipinski definition) is 2. The first-order chi connectivity index (χ1) is 12.3. The summed E-state index contributed by atoms with van der Waals surface area (Å²) in [5.41, 5.74) is -0.998. The van der Waals surface area contributed by atoms with Crippen molar-refractivity contribution in [1.82, 2.24) is 0 Å². The maximum absolute atomic E-state index is 12.5. The zero-order valence-electron chi connectivity index (χ0n) is 13.0. The molecule has 0 aromatic heterocycles.